The lowest BCUT2D eigenvalue weighted by Crippen LogP contribution is -2.33. The van der Waals surface area contributed by atoms with Crippen molar-refractivity contribution in [3.63, 3.8) is 0 Å². The molecule has 3 aromatic rings. The number of urea groups is 1. The number of thioether (sulfide) groups is 1. The van der Waals surface area contributed by atoms with Gasteiger partial charge in [-0.3, -0.25) is 9.74 Å². The molecule has 0 saturated carbocycles. The van der Waals surface area contributed by atoms with Gasteiger partial charge < -0.3 is 5.32 Å². The average Bonchev–Trinajstić information content (AvgIpc) is 3.48. The van der Waals surface area contributed by atoms with E-state index in [1.54, 1.807) is 40.7 Å². The van der Waals surface area contributed by atoms with E-state index in [1.165, 1.54) is 31.5 Å². The molecule has 1 aromatic carbocycles. The van der Waals surface area contributed by atoms with Crippen molar-refractivity contribution in [1.82, 2.24) is 15.4 Å². The molecule has 0 radical (unpaired) electrons. The van der Waals surface area contributed by atoms with E-state index in [0.29, 0.717) is 0 Å². The van der Waals surface area contributed by atoms with E-state index >= 15 is 0 Å². The smallest absolute Gasteiger partial charge is 0.332 e. The van der Waals surface area contributed by atoms with E-state index in [9.17, 15) is 4.79 Å². The van der Waals surface area contributed by atoms with E-state index < -0.39 is 11.6 Å². The van der Waals surface area contributed by atoms with Gasteiger partial charge in [0.1, 0.15) is 0 Å². The molecular weight excluding hydrogens is 523 g/mol. The first-order valence-electron chi connectivity index (χ1n) is 12.4. The van der Waals surface area contributed by atoms with Crippen LogP contribution in [0.15, 0.2) is 44.9 Å². The number of carbonyl (C=O) groups is 1. The highest BCUT2D eigenvalue weighted by Gasteiger charge is 2.17. The molecule has 0 spiro atoms. The number of amides is 2. The number of likely N-dealkylation sites (tertiary alicyclic amines) is 1. The molecule has 0 bridgehead atoms. The largest absolute Gasteiger partial charge is 0.364 e. The van der Waals surface area contributed by atoms with Gasteiger partial charge in [0.25, 0.3) is 0 Å². The number of aliphatic imine (C=N–C) groups is 1. The Hall–Kier alpha value is -2.24. The van der Waals surface area contributed by atoms with Gasteiger partial charge in [0.05, 0.1) is 15.5 Å². The minimum absolute atomic E-state index is 0.475. The van der Waals surface area contributed by atoms with Crippen molar-refractivity contribution in [3.8, 4) is 11.3 Å². The zero-order valence-corrected chi connectivity index (χ0v) is 24.5. The van der Waals surface area contributed by atoms with Crippen LogP contribution in [0.5, 0.6) is 0 Å². The minimum Gasteiger partial charge on any atom is -0.332 e. The maximum absolute atomic E-state index is 12.0. The zero-order chi connectivity index (χ0) is 26.4. The number of aromatic nitrogens is 1. The number of carbonyl (C=O) groups excluding carboxylic acids is 1. The number of hydrogen-bond acceptors (Lipinski definition) is 8. The van der Waals surface area contributed by atoms with Crippen LogP contribution in [0.3, 0.4) is 0 Å². The van der Waals surface area contributed by atoms with E-state index in [-0.39, 0.29) is 0 Å². The van der Waals surface area contributed by atoms with Crippen molar-refractivity contribution in [3.05, 3.63) is 46.2 Å². The third-order valence-corrected chi connectivity index (χ3v) is 8.72. The van der Waals surface area contributed by atoms with Gasteiger partial charge in [0.2, 0.25) is 0 Å². The Morgan fingerprint density at radius 3 is 2.95 bits per heavy atom. The Balaban J connectivity index is 1.41. The maximum Gasteiger partial charge on any atom is 0.364 e. The second-order valence-corrected chi connectivity index (χ2v) is 13.3. The average molecular weight is 558 g/mol. The van der Waals surface area contributed by atoms with E-state index in [4.69, 9.17) is 9.82 Å². The Bertz CT molecular complexity index is 1230. The summed E-state index contributed by atoms with van der Waals surface area (Å²) < 4.78 is 1.13. The van der Waals surface area contributed by atoms with Crippen LogP contribution in [0.1, 0.15) is 51.0 Å². The number of nitrogens with one attached hydrogen (secondary N) is 2. The normalized spacial score (nSPS) is 16.8. The molecule has 37 heavy (non-hydrogen) atoms. The first-order valence-corrected chi connectivity index (χ1v) is 15.3. The number of hydroxylamine groups is 1. The van der Waals surface area contributed by atoms with Crippen LogP contribution in [0, 0.1) is 5.92 Å². The number of rotatable bonds is 8. The van der Waals surface area contributed by atoms with Gasteiger partial charge in [-0.25, -0.2) is 15.3 Å². The Morgan fingerprint density at radius 2 is 2.19 bits per heavy atom. The number of piperidine rings is 1. The molecule has 1 fully saturated rings. The fourth-order valence-corrected chi connectivity index (χ4v) is 6.65. The standard InChI is InChI=1S/C27H35N5O2S3/c1-18-8-7-11-32(15-18)16-19-9-6-10-20(12-19)29-26-30-23(17-36-26)22-13-21(37-24(22)35-5)14-28-25(33)31-34-27(2,3)4/h6,9-10,12-14,17-18H,7-8,11,15-16H2,1-5H3,(H,29,30)(H,31,33). The first-order chi connectivity index (χ1) is 17.7. The molecule has 1 saturated heterocycles. The minimum atomic E-state index is -0.534. The molecular formula is C27H35N5O2S3. The fraction of sp³-hybridized carbons (Fsp3) is 0.444. The highest BCUT2D eigenvalue weighted by atomic mass is 32.2. The second kappa shape index (κ2) is 12.5. The number of nitrogens with zero attached hydrogens (tertiary/aromatic N) is 3. The fourth-order valence-electron chi connectivity index (χ4n) is 4.15. The summed E-state index contributed by atoms with van der Waals surface area (Å²) in [6.07, 6.45) is 6.23. The van der Waals surface area contributed by atoms with Crippen molar-refractivity contribution in [2.24, 2.45) is 10.9 Å². The van der Waals surface area contributed by atoms with Crippen LogP contribution in [-0.2, 0) is 11.4 Å². The monoisotopic (exact) mass is 557 g/mol. The summed E-state index contributed by atoms with van der Waals surface area (Å²) in [6, 6.07) is 10.1. The van der Waals surface area contributed by atoms with E-state index in [1.807, 2.05) is 33.1 Å². The molecule has 1 aliphatic heterocycles. The van der Waals surface area contributed by atoms with Crippen LogP contribution in [0.4, 0.5) is 15.6 Å². The van der Waals surface area contributed by atoms with Crippen molar-refractivity contribution in [1.29, 1.82) is 0 Å². The lowest BCUT2D eigenvalue weighted by molar-refractivity contribution is -0.0512. The lowest BCUT2D eigenvalue weighted by Gasteiger charge is -2.30. The van der Waals surface area contributed by atoms with Crippen LogP contribution in [0.2, 0.25) is 0 Å². The molecule has 2 N–H and O–H groups in total. The number of thiazole rings is 1. The number of hydrogen-bond donors (Lipinski definition) is 2. The third kappa shape index (κ3) is 8.38. The number of anilines is 2. The van der Waals surface area contributed by atoms with Gasteiger partial charge in [0, 0.05) is 40.8 Å². The van der Waals surface area contributed by atoms with E-state index in [0.717, 1.165) is 43.6 Å². The van der Waals surface area contributed by atoms with Gasteiger partial charge in [-0.15, -0.1) is 34.4 Å². The molecule has 4 rings (SSSR count). The van der Waals surface area contributed by atoms with Crippen molar-refractivity contribution in [2.45, 2.75) is 56.9 Å². The third-order valence-electron chi connectivity index (χ3n) is 5.76. The summed E-state index contributed by atoms with van der Waals surface area (Å²) in [4.78, 5) is 29.5. The van der Waals surface area contributed by atoms with Crippen molar-refractivity contribution < 1.29 is 9.63 Å². The quantitative estimate of drug-likeness (QED) is 0.170. The maximum atomic E-state index is 12.0. The van der Waals surface area contributed by atoms with Gasteiger partial charge in [-0.1, -0.05) is 19.1 Å². The Labute approximate surface area is 231 Å². The zero-order valence-electron chi connectivity index (χ0n) is 22.0. The number of thiophene rings is 1. The molecule has 1 atom stereocenters. The van der Waals surface area contributed by atoms with Gasteiger partial charge >= 0.3 is 6.03 Å². The molecule has 10 heteroatoms. The van der Waals surface area contributed by atoms with Gasteiger partial charge in [-0.2, -0.15) is 4.99 Å². The summed E-state index contributed by atoms with van der Waals surface area (Å²) in [5.74, 6) is 0.776. The molecule has 1 aliphatic rings. The summed E-state index contributed by atoms with van der Waals surface area (Å²) in [5, 5.41) is 6.40. The van der Waals surface area contributed by atoms with Crippen LogP contribution in [-0.4, -0.2) is 47.1 Å². The summed E-state index contributed by atoms with van der Waals surface area (Å²) in [7, 11) is 0. The summed E-state index contributed by atoms with van der Waals surface area (Å²) in [6.45, 7) is 11.3. The Kier molecular flexibility index (Phi) is 9.41. The van der Waals surface area contributed by atoms with Crippen LogP contribution < -0.4 is 10.8 Å². The van der Waals surface area contributed by atoms with E-state index in [2.05, 4.69) is 57.3 Å². The van der Waals surface area contributed by atoms with Crippen molar-refractivity contribution in [2.75, 3.05) is 24.7 Å². The molecule has 2 aromatic heterocycles. The molecule has 0 aliphatic carbocycles. The highest BCUT2D eigenvalue weighted by molar-refractivity contribution is 8.00. The first kappa shape index (κ1) is 27.8. The SMILES string of the molecule is CSc1sc(C=NC(=O)NOC(C)(C)C)cc1-c1csc(Nc2cccc(CN3CCCC(C)C3)c2)n1. The molecule has 1 unspecified atom stereocenters. The predicted molar refractivity (Wildman–Crippen MR) is 158 cm³/mol. The van der Waals surface area contributed by atoms with Crippen LogP contribution >= 0.6 is 34.4 Å². The predicted octanol–water partition coefficient (Wildman–Crippen LogP) is 7.43. The highest BCUT2D eigenvalue weighted by Crippen LogP contribution is 2.38. The van der Waals surface area contributed by atoms with Gasteiger partial charge in [-0.05, 0) is 76.1 Å². The summed E-state index contributed by atoms with van der Waals surface area (Å²) in [5.41, 5.74) is 6.20. The topological polar surface area (TPSA) is 78.8 Å². The second-order valence-electron chi connectivity index (χ2n) is 10.3. The molecule has 7 nitrogen and oxygen atoms in total. The van der Waals surface area contributed by atoms with Gasteiger partial charge in [0.15, 0.2) is 5.13 Å². The van der Waals surface area contributed by atoms with Crippen molar-refractivity contribution >= 4 is 57.5 Å². The van der Waals surface area contributed by atoms with Crippen LogP contribution in [0.25, 0.3) is 11.3 Å². The molecule has 2 amide bonds. The molecule has 3 heterocycles. The number of benzene rings is 1. The molecule has 198 valence electrons. The summed E-state index contributed by atoms with van der Waals surface area (Å²) >= 11 is 4.83. The Morgan fingerprint density at radius 1 is 1.35 bits per heavy atom. The lowest BCUT2D eigenvalue weighted by atomic mass is 10.00.